The largest absolute Gasteiger partial charge is 0.314 e. The van der Waals surface area contributed by atoms with Crippen molar-refractivity contribution in [2.24, 2.45) is 0 Å². The predicted octanol–water partition coefficient (Wildman–Crippen LogP) is 1.21. The van der Waals surface area contributed by atoms with Crippen LogP contribution in [0.4, 0.5) is 0 Å². The monoisotopic (exact) mass is 259 g/mol. The molecular weight excluding hydrogens is 234 g/mol. The van der Waals surface area contributed by atoms with Gasteiger partial charge in [0.05, 0.1) is 0 Å². The third-order valence-corrected chi connectivity index (χ3v) is 4.62. The number of hydrogen-bond donors (Lipinski definition) is 1. The van der Waals surface area contributed by atoms with E-state index in [-0.39, 0.29) is 0 Å². The third-order valence-electron chi connectivity index (χ3n) is 4.62. The van der Waals surface area contributed by atoms with Crippen LogP contribution < -0.4 is 5.32 Å². The first-order chi connectivity index (χ1) is 9.33. The number of nitrogens with one attached hydrogen (secondary N) is 1. The summed E-state index contributed by atoms with van der Waals surface area (Å²) in [6.07, 6.45) is 1.17. The number of hydrogen-bond acceptors (Lipinski definition) is 3. The zero-order chi connectivity index (χ0) is 13.1. The molecule has 19 heavy (non-hydrogen) atoms. The van der Waals surface area contributed by atoms with Gasteiger partial charge in [-0.2, -0.15) is 0 Å². The second-order valence-corrected chi connectivity index (χ2v) is 5.92. The summed E-state index contributed by atoms with van der Waals surface area (Å²) in [6.45, 7) is 9.69. The molecule has 1 atom stereocenters. The molecule has 1 N–H and O–H groups in total. The third kappa shape index (κ3) is 3.16. The van der Waals surface area contributed by atoms with Gasteiger partial charge in [-0.1, -0.05) is 30.3 Å². The van der Waals surface area contributed by atoms with Crippen molar-refractivity contribution in [1.82, 2.24) is 15.1 Å². The van der Waals surface area contributed by atoms with E-state index in [1.165, 1.54) is 51.3 Å². The van der Waals surface area contributed by atoms with E-state index in [2.05, 4.69) is 52.4 Å². The molecule has 2 aliphatic heterocycles. The molecule has 0 amide bonds. The lowest BCUT2D eigenvalue weighted by Crippen LogP contribution is -2.62. The van der Waals surface area contributed by atoms with Gasteiger partial charge in [-0.3, -0.25) is 9.80 Å². The van der Waals surface area contributed by atoms with Crippen LogP contribution >= 0.6 is 0 Å². The Hall–Kier alpha value is -0.900. The van der Waals surface area contributed by atoms with E-state index in [9.17, 15) is 0 Å². The van der Waals surface area contributed by atoms with Crippen LogP contribution in [0.2, 0.25) is 0 Å². The molecule has 104 valence electrons. The molecule has 0 radical (unpaired) electrons. The minimum Gasteiger partial charge on any atom is -0.314 e. The number of rotatable bonds is 4. The van der Waals surface area contributed by atoms with Crippen LogP contribution in [0.25, 0.3) is 0 Å². The molecule has 1 unspecified atom stereocenters. The molecule has 0 spiro atoms. The first kappa shape index (κ1) is 13.1. The fraction of sp³-hybridized carbons (Fsp3) is 0.625. The van der Waals surface area contributed by atoms with Crippen LogP contribution in [0.1, 0.15) is 12.5 Å². The van der Waals surface area contributed by atoms with Crippen molar-refractivity contribution >= 4 is 0 Å². The Morgan fingerprint density at radius 2 is 1.79 bits per heavy atom. The summed E-state index contributed by atoms with van der Waals surface area (Å²) in [4.78, 5) is 5.30. The number of piperazine rings is 1. The van der Waals surface area contributed by atoms with Crippen LogP contribution in [0, 0.1) is 0 Å². The first-order valence-corrected chi connectivity index (χ1v) is 7.55. The molecule has 2 saturated heterocycles. The average molecular weight is 259 g/mol. The quantitative estimate of drug-likeness (QED) is 0.877. The van der Waals surface area contributed by atoms with Crippen LogP contribution in [-0.4, -0.2) is 61.2 Å². The van der Waals surface area contributed by atoms with Gasteiger partial charge in [0.2, 0.25) is 0 Å². The lowest BCUT2D eigenvalue weighted by atomic mass is 10.0. The predicted molar refractivity (Wildman–Crippen MR) is 79.4 cm³/mol. The van der Waals surface area contributed by atoms with E-state index < -0.39 is 0 Å². The van der Waals surface area contributed by atoms with Crippen LogP contribution in [0.15, 0.2) is 30.3 Å². The molecule has 0 bridgehead atoms. The highest BCUT2D eigenvalue weighted by molar-refractivity contribution is 5.15. The second-order valence-electron chi connectivity index (χ2n) is 5.92. The normalized spacial score (nSPS) is 24.1. The van der Waals surface area contributed by atoms with Crippen molar-refractivity contribution in [3.8, 4) is 0 Å². The number of nitrogens with zero attached hydrogens (tertiary/aromatic N) is 2. The Morgan fingerprint density at radius 1 is 1.11 bits per heavy atom. The molecule has 0 aliphatic carbocycles. The first-order valence-electron chi connectivity index (χ1n) is 7.55. The van der Waals surface area contributed by atoms with E-state index in [0.29, 0.717) is 6.04 Å². The minimum absolute atomic E-state index is 0.657. The molecule has 1 aromatic rings. The van der Waals surface area contributed by atoms with Crippen molar-refractivity contribution < 1.29 is 0 Å². The Bertz CT molecular complexity index is 380. The summed E-state index contributed by atoms with van der Waals surface area (Å²) >= 11 is 0. The van der Waals surface area contributed by atoms with Gasteiger partial charge in [0.1, 0.15) is 0 Å². The van der Waals surface area contributed by atoms with Crippen molar-refractivity contribution in [2.75, 3.05) is 39.3 Å². The number of benzene rings is 1. The molecular formula is C16H25N3. The maximum Gasteiger partial charge on any atom is 0.0346 e. The zero-order valence-electron chi connectivity index (χ0n) is 11.9. The van der Waals surface area contributed by atoms with E-state index in [1.807, 2.05) is 0 Å². The molecule has 3 nitrogen and oxygen atoms in total. The lowest BCUT2D eigenvalue weighted by molar-refractivity contribution is 0.0555. The Labute approximate surface area is 116 Å². The van der Waals surface area contributed by atoms with Crippen molar-refractivity contribution in [2.45, 2.75) is 25.4 Å². The highest BCUT2D eigenvalue weighted by atomic mass is 15.3. The van der Waals surface area contributed by atoms with Gasteiger partial charge in [-0.25, -0.2) is 0 Å². The zero-order valence-corrected chi connectivity index (χ0v) is 11.9. The highest BCUT2D eigenvalue weighted by Gasteiger charge is 2.28. The summed E-state index contributed by atoms with van der Waals surface area (Å²) in [5.41, 5.74) is 1.46. The molecule has 0 saturated carbocycles. The molecule has 2 fully saturated rings. The van der Waals surface area contributed by atoms with Gasteiger partial charge < -0.3 is 5.32 Å². The van der Waals surface area contributed by atoms with Gasteiger partial charge in [0, 0.05) is 51.4 Å². The van der Waals surface area contributed by atoms with E-state index in [1.54, 1.807) is 0 Å². The van der Waals surface area contributed by atoms with Crippen molar-refractivity contribution in [3.05, 3.63) is 35.9 Å². The average Bonchev–Trinajstić information content (AvgIpc) is 2.39. The molecule has 3 rings (SSSR count). The van der Waals surface area contributed by atoms with Crippen LogP contribution in [0.5, 0.6) is 0 Å². The Morgan fingerprint density at radius 3 is 2.37 bits per heavy atom. The van der Waals surface area contributed by atoms with Crippen molar-refractivity contribution in [1.29, 1.82) is 0 Å². The topological polar surface area (TPSA) is 18.5 Å². The van der Waals surface area contributed by atoms with E-state index in [4.69, 9.17) is 0 Å². The molecule has 1 aromatic carbocycles. The summed E-state index contributed by atoms with van der Waals surface area (Å²) in [5.74, 6) is 0. The Balaban J connectivity index is 1.47. The summed E-state index contributed by atoms with van der Waals surface area (Å²) in [6, 6.07) is 12.3. The van der Waals surface area contributed by atoms with Gasteiger partial charge >= 0.3 is 0 Å². The highest BCUT2D eigenvalue weighted by Crippen LogP contribution is 2.14. The van der Waals surface area contributed by atoms with Gasteiger partial charge in [-0.05, 0) is 18.9 Å². The SMILES string of the molecule is CC(Cc1ccccc1)N1CCN(C2CNC2)CC1. The minimum atomic E-state index is 0.657. The smallest absolute Gasteiger partial charge is 0.0346 e. The summed E-state index contributed by atoms with van der Waals surface area (Å²) in [7, 11) is 0. The maximum absolute atomic E-state index is 3.37. The standard InChI is InChI=1S/C16H25N3/c1-14(11-15-5-3-2-4-6-15)18-7-9-19(10-8-18)16-12-17-13-16/h2-6,14,16-17H,7-13H2,1H3. The summed E-state index contributed by atoms with van der Waals surface area (Å²) in [5, 5.41) is 3.37. The Kier molecular flexibility index (Phi) is 4.16. The van der Waals surface area contributed by atoms with E-state index >= 15 is 0 Å². The fourth-order valence-electron chi connectivity index (χ4n) is 3.16. The fourth-order valence-corrected chi connectivity index (χ4v) is 3.16. The molecule has 0 aromatic heterocycles. The molecule has 2 heterocycles. The molecule has 3 heteroatoms. The lowest BCUT2D eigenvalue weighted by Gasteiger charge is -2.44. The second kappa shape index (κ2) is 6.04. The van der Waals surface area contributed by atoms with Crippen molar-refractivity contribution in [3.63, 3.8) is 0 Å². The van der Waals surface area contributed by atoms with Crippen LogP contribution in [-0.2, 0) is 6.42 Å². The maximum atomic E-state index is 3.37. The van der Waals surface area contributed by atoms with Crippen LogP contribution in [0.3, 0.4) is 0 Å². The van der Waals surface area contributed by atoms with Gasteiger partial charge in [-0.15, -0.1) is 0 Å². The van der Waals surface area contributed by atoms with Gasteiger partial charge in [0.15, 0.2) is 0 Å². The van der Waals surface area contributed by atoms with E-state index in [0.717, 1.165) is 6.04 Å². The molecule has 2 aliphatic rings. The van der Waals surface area contributed by atoms with Gasteiger partial charge in [0.25, 0.3) is 0 Å². The summed E-state index contributed by atoms with van der Waals surface area (Å²) < 4.78 is 0.